The highest BCUT2D eigenvalue weighted by molar-refractivity contribution is 7.89. The minimum atomic E-state index is -4.21. The number of hydrogen-bond donors (Lipinski definition) is 1. The van der Waals surface area contributed by atoms with Crippen molar-refractivity contribution in [3.8, 4) is 0 Å². The number of sulfonamides is 1. The fourth-order valence-corrected chi connectivity index (χ4v) is 2.53. The number of ether oxygens (including phenoxy) is 1. The summed E-state index contributed by atoms with van der Waals surface area (Å²) >= 11 is 0. The first-order chi connectivity index (χ1) is 9.20. The molecule has 0 aromatic carbocycles. The average Bonchev–Trinajstić information content (AvgIpc) is 2.38. The highest BCUT2D eigenvalue weighted by Crippen LogP contribution is 1.99. The van der Waals surface area contributed by atoms with Crippen LogP contribution in [0.4, 0.5) is 0 Å². The van der Waals surface area contributed by atoms with Crippen molar-refractivity contribution < 1.29 is 17.9 Å². The van der Waals surface area contributed by atoms with E-state index in [4.69, 9.17) is 0 Å². The summed E-state index contributed by atoms with van der Waals surface area (Å²) in [7, 11) is -1.74. The number of aryl methyl sites for hydroxylation is 1. The molecule has 0 aliphatic carbocycles. The molecule has 0 radical (unpaired) electrons. The van der Waals surface area contributed by atoms with E-state index in [1.807, 2.05) is 4.72 Å². The van der Waals surface area contributed by atoms with Gasteiger partial charge in [0.1, 0.15) is 6.54 Å². The third-order valence-corrected chi connectivity index (χ3v) is 3.80. The number of aromatic nitrogens is 2. The largest absolute Gasteiger partial charge is 0.465 e. The molecule has 1 rings (SSSR count). The van der Waals surface area contributed by atoms with Gasteiger partial charge < -0.3 is 9.30 Å². The monoisotopic (exact) mass is 305 g/mol. The summed E-state index contributed by atoms with van der Waals surface area (Å²) in [5.41, 5.74) is -1.62. The summed E-state index contributed by atoms with van der Waals surface area (Å²) < 4.78 is 32.0. The number of esters is 1. The van der Waals surface area contributed by atoms with Gasteiger partial charge in [-0.05, 0) is 6.92 Å². The van der Waals surface area contributed by atoms with E-state index in [-0.39, 0.29) is 6.61 Å². The quantitative estimate of drug-likeness (QED) is 0.624. The van der Waals surface area contributed by atoms with Gasteiger partial charge in [0, 0.05) is 20.3 Å². The van der Waals surface area contributed by atoms with Crippen molar-refractivity contribution >= 4 is 16.0 Å². The van der Waals surface area contributed by atoms with Gasteiger partial charge in [-0.1, -0.05) is 0 Å². The summed E-state index contributed by atoms with van der Waals surface area (Å²) in [5, 5.41) is 0. The van der Waals surface area contributed by atoms with Crippen molar-refractivity contribution in [1.82, 2.24) is 13.9 Å². The molecule has 1 heterocycles. The molecular weight excluding hydrogens is 290 g/mol. The van der Waals surface area contributed by atoms with Gasteiger partial charge in [-0.25, -0.2) is 13.2 Å². The van der Waals surface area contributed by atoms with Crippen LogP contribution >= 0.6 is 0 Å². The maximum absolute atomic E-state index is 11.9. The third kappa shape index (κ3) is 3.33. The van der Waals surface area contributed by atoms with Gasteiger partial charge in [-0.2, -0.15) is 4.72 Å². The minimum absolute atomic E-state index is 0.113. The second kappa shape index (κ2) is 6.01. The van der Waals surface area contributed by atoms with Gasteiger partial charge in [0.05, 0.1) is 6.61 Å². The Morgan fingerprint density at radius 3 is 2.50 bits per heavy atom. The van der Waals surface area contributed by atoms with Crippen LogP contribution in [0.25, 0.3) is 0 Å². The van der Waals surface area contributed by atoms with Crippen molar-refractivity contribution in [2.75, 3.05) is 13.2 Å². The van der Waals surface area contributed by atoms with Crippen LogP contribution in [-0.2, 0) is 33.7 Å². The summed E-state index contributed by atoms with van der Waals surface area (Å²) in [6, 6.07) is 0. The number of carbonyl (C=O) groups is 1. The molecule has 1 aromatic rings. The summed E-state index contributed by atoms with van der Waals surface area (Å²) in [6.07, 6.45) is 0.901. The Balaban J connectivity index is 3.15. The van der Waals surface area contributed by atoms with Crippen molar-refractivity contribution in [3.05, 3.63) is 27.0 Å². The number of rotatable bonds is 5. The molecule has 112 valence electrons. The van der Waals surface area contributed by atoms with Crippen molar-refractivity contribution in [2.24, 2.45) is 14.1 Å². The molecule has 0 amide bonds. The van der Waals surface area contributed by atoms with E-state index in [1.54, 1.807) is 6.92 Å². The summed E-state index contributed by atoms with van der Waals surface area (Å²) in [4.78, 5) is 33.7. The molecule has 0 aliphatic heterocycles. The molecule has 0 fully saturated rings. The molecular formula is C10H15N3O6S. The maximum Gasteiger partial charge on any atom is 0.330 e. The molecule has 0 aliphatic rings. The van der Waals surface area contributed by atoms with E-state index in [1.165, 1.54) is 7.05 Å². The van der Waals surface area contributed by atoms with E-state index in [0.717, 1.165) is 17.8 Å². The zero-order valence-corrected chi connectivity index (χ0v) is 12.1. The van der Waals surface area contributed by atoms with Crippen LogP contribution < -0.4 is 16.0 Å². The standard InChI is InChI=1S/C10H15N3O6S/c1-4-19-8(14)5-11-20(17,18)7-6-12(2)10(16)13(3)9(7)15/h6,11H,4-5H2,1-3H3. The van der Waals surface area contributed by atoms with E-state index < -0.39 is 38.7 Å². The topological polar surface area (TPSA) is 116 Å². The van der Waals surface area contributed by atoms with Gasteiger partial charge in [0.2, 0.25) is 10.0 Å². The average molecular weight is 305 g/mol. The Morgan fingerprint density at radius 1 is 1.35 bits per heavy atom. The number of nitrogens with zero attached hydrogens (tertiary/aromatic N) is 2. The molecule has 10 heteroatoms. The van der Waals surface area contributed by atoms with Gasteiger partial charge >= 0.3 is 11.7 Å². The predicted octanol–water partition coefficient (Wildman–Crippen LogP) is -2.07. The lowest BCUT2D eigenvalue weighted by atomic mass is 10.6. The molecule has 0 saturated carbocycles. The molecule has 0 bridgehead atoms. The Labute approximate surface area is 114 Å². The Kier molecular flexibility index (Phi) is 4.84. The van der Waals surface area contributed by atoms with Crippen molar-refractivity contribution in [3.63, 3.8) is 0 Å². The SMILES string of the molecule is CCOC(=O)CNS(=O)(=O)c1cn(C)c(=O)n(C)c1=O. The molecule has 0 unspecified atom stereocenters. The van der Waals surface area contributed by atoms with Crippen LogP contribution in [0.1, 0.15) is 6.92 Å². The van der Waals surface area contributed by atoms with Gasteiger partial charge in [0.15, 0.2) is 4.90 Å². The first kappa shape index (κ1) is 16.1. The van der Waals surface area contributed by atoms with E-state index in [0.29, 0.717) is 4.57 Å². The van der Waals surface area contributed by atoms with Gasteiger partial charge in [-0.3, -0.25) is 14.2 Å². The first-order valence-corrected chi connectivity index (χ1v) is 7.11. The number of nitrogens with one attached hydrogen (secondary N) is 1. The van der Waals surface area contributed by atoms with E-state index in [9.17, 15) is 22.8 Å². The lowest BCUT2D eigenvalue weighted by Gasteiger charge is -2.08. The van der Waals surface area contributed by atoms with Crippen LogP contribution in [0.5, 0.6) is 0 Å². The second-order valence-electron chi connectivity index (χ2n) is 3.88. The summed E-state index contributed by atoms with van der Waals surface area (Å²) in [5.74, 6) is -0.766. The summed E-state index contributed by atoms with van der Waals surface area (Å²) in [6.45, 7) is 1.10. The lowest BCUT2D eigenvalue weighted by molar-refractivity contribution is -0.141. The van der Waals surface area contributed by atoms with E-state index in [2.05, 4.69) is 4.74 Å². The van der Waals surface area contributed by atoms with E-state index >= 15 is 0 Å². The van der Waals surface area contributed by atoms with Crippen molar-refractivity contribution in [2.45, 2.75) is 11.8 Å². The Hall–Kier alpha value is -1.94. The first-order valence-electron chi connectivity index (χ1n) is 5.62. The fourth-order valence-electron chi connectivity index (χ4n) is 1.40. The van der Waals surface area contributed by atoms with Crippen LogP contribution in [0.3, 0.4) is 0 Å². The van der Waals surface area contributed by atoms with Gasteiger partial charge in [-0.15, -0.1) is 0 Å². The second-order valence-corrected chi connectivity index (χ2v) is 5.62. The smallest absolute Gasteiger partial charge is 0.330 e. The molecule has 9 nitrogen and oxygen atoms in total. The molecule has 0 spiro atoms. The number of hydrogen-bond acceptors (Lipinski definition) is 6. The Bertz CT molecular complexity index is 730. The lowest BCUT2D eigenvalue weighted by Crippen LogP contribution is -2.42. The highest BCUT2D eigenvalue weighted by atomic mass is 32.2. The molecule has 0 atom stereocenters. The Morgan fingerprint density at radius 2 is 1.95 bits per heavy atom. The maximum atomic E-state index is 11.9. The zero-order chi connectivity index (χ0) is 15.5. The van der Waals surface area contributed by atoms with Gasteiger partial charge in [0.25, 0.3) is 5.56 Å². The zero-order valence-electron chi connectivity index (χ0n) is 11.2. The van der Waals surface area contributed by atoms with Crippen LogP contribution in [0.2, 0.25) is 0 Å². The normalized spacial score (nSPS) is 11.3. The van der Waals surface area contributed by atoms with Crippen molar-refractivity contribution in [1.29, 1.82) is 0 Å². The molecule has 1 aromatic heterocycles. The fraction of sp³-hybridized carbons (Fsp3) is 0.500. The number of carbonyl (C=O) groups excluding carboxylic acids is 1. The van der Waals surface area contributed by atoms with Crippen LogP contribution in [-0.4, -0.2) is 36.7 Å². The third-order valence-electron chi connectivity index (χ3n) is 2.42. The minimum Gasteiger partial charge on any atom is -0.465 e. The predicted molar refractivity (Wildman–Crippen MR) is 68.7 cm³/mol. The highest BCUT2D eigenvalue weighted by Gasteiger charge is 2.22. The molecule has 0 saturated heterocycles. The van der Waals surface area contributed by atoms with Crippen LogP contribution in [0.15, 0.2) is 20.7 Å². The molecule has 20 heavy (non-hydrogen) atoms. The molecule has 1 N–H and O–H groups in total. The van der Waals surface area contributed by atoms with Crippen LogP contribution in [0, 0.1) is 0 Å².